The maximum atomic E-state index is 12.9. The number of rotatable bonds is 6. The molecule has 0 unspecified atom stereocenters. The van der Waals surface area contributed by atoms with E-state index in [1.165, 1.54) is 12.1 Å². The van der Waals surface area contributed by atoms with E-state index in [4.69, 9.17) is 11.6 Å². The second-order valence-corrected chi connectivity index (χ2v) is 8.52. The van der Waals surface area contributed by atoms with Gasteiger partial charge in [0.25, 0.3) is 11.6 Å². The fourth-order valence-corrected chi connectivity index (χ4v) is 4.09. The summed E-state index contributed by atoms with van der Waals surface area (Å²) in [5.41, 5.74) is 4.83. The van der Waals surface area contributed by atoms with Crippen molar-refractivity contribution in [2.24, 2.45) is 0 Å². The van der Waals surface area contributed by atoms with Crippen molar-refractivity contribution in [3.8, 4) is 6.07 Å². The molecule has 0 spiro atoms. The first kappa shape index (κ1) is 23.7. The SMILES string of the molecule is Cc1ccc(NC(=O)/C(C#N)=C\c2c(C)n(Cc3ccc([N+](=O)[O-])cc3)c3ccccc23)cc1Cl. The lowest BCUT2D eigenvalue weighted by Crippen LogP contribution is -2.13. The van der Waals surface area contributed by atoms with Crippen molar-refractivity contribution >= 4 is 45.9 Å². The molecular weight excluding hydrogens is 464 g/mol. The van der Waals surface area contributed by atoms with Crippen molar-refractivity contribution < 1.29 is 9.72 Å². The lowest BCUT2D eigenvalue weighted by atomic mass is 10.1. The lowest BCUT2D eigenvalue weighted by molar-refractivity contribution is -0.384. The van der Waals surface area contributed by atoms with Crippen LogP contribution >= 0.6 is 11.6 Å². The third kappa shape index (κ3) is 4.93. The topological polar surface area (TPSA) is 101 Å². The molecule has 3 aromatic carbocycles. The quantitative estimate of drug-likeness (QED) is 0.148. The Labute approximate surface area is 207 Å². The summed E-state index contributed by atoms with van der Waals surface area (Å²) in [4.78, 5) is 23.4. The van der Waals surface area contributed by atoms with Gasteiger partial charge in [0, 0.05) is 51.5 Å². The van der Waals surface area contributed by atoms with E-state index in [-0.39, 0.29) is 11.3 Å². The van der Waals surface area contributed by atoms with Crippen molar-refractivity contribution in [2.75, 3.05) is 5.32 Å². The highest BCUT2D eigenvalue weighted by Gasteiger charge is 2.17. The molecule has 174 valence electrons. The maximum absolute atomic E-state index is 12.9. The number of carbonyl (C=O) groups is 1. The van der Waals surface area contributed by atoms with Crippen LogP contribution in [0.25, 0.3) is 17.0 Å². The summed E-state index contributed by atoms with van der Waals surface area (Å²) in [7, 11) is 0. The molecule has 4 rings (SSSR count). The van der Waals surface area contributed by atoms with Gasteiger partial charge < -0.3 is 9.88 Å². The molecule has 1 amide bonds. The predicted molar refractivity (Wildman–Crippen MR) is 137 cm³/mol. The highest BCUT2D eigenvalue weighted by atomic mass is 35.5. The number of carbonyl (C=O) groups excluding carboxylic acids is 1. The van der Waals surface area contributed by atoms with Gasteiger partial charge in [0.15, 0.2) is 0 Å². The minimum atomic E-state index is -0.529. The molecule has 1 N–H and O–H groups in total. The van der Waals surface area contributed by atoms with Gasteiger partial charge in [-0.1, -0.05) is 48.0 Å². The molecule has 8 heteroatoms. The first-order chi connectivity index (χ1) is 16.8. The van der Waals surface area contributed by atoms with E-state index in [0.717, 1.165) is 33.3 Å². The third-order valence-corrected chi connectivity index (χ3v) is 6.26. The highest BCUT2D eigenvalue weighted by molar-refractivity contribution is 6.31. The number of aryl methyl sites for hydroxylation is 1. The van der Waals surface area contributed by atoms with Gasteiger partial charge >= 0.3 is 0 Å². The smallest absolute Gasteiger partial charge is 0.269 e. The Morgan fingerprint density at radius 1 is 1.14 bits per heavy atom. The van der Waals surface area contributed by atoms with E-state index in [9.17, 15) is 20.2 Å². The Morgan fingerprint density at radius 2 is 1.86 bits per heavy atom. The molecule has 7 nitrogen and oxygen atoms in total. The zero-order valence-electron chi connectivity index (χ0n) is 19.1. The third-order valence-electron chi connectivity index (χ3n) is 5.85. The molecule has 0 saturated carbocycles. The Kier molecular flexibility index (Phi) is 6.67. The number of nitro benzene ring substituents is 1. The summed E-state index contributed by atoms with van der Waals surface area (Å²) in [6, 6.07) is 21.3. The van der Waals surface area contributed by atoms with E-state index in [1.54, 1.807) is 36.4 Å². The molecule has 1 aromatic heterocycles. The summed E-state index contributed by atoms with van der Waals surface area (Å²) < 4.78 is 2.06. The monoisotopic (exact) mass is 484 g/mol. The van der Waals surface area contributed by atoms with E-state index >= 15 is 0 Å². The summed E-state index contributed by atoms with van der Waals surface area (Å²) in [5.74, 6) is -0.529. The molecule has 0 aliphatic rings. The number of nitrogens with one attached hydrogen (secondary N) is 1. The number of anilines is 1. The lowest BCUT2D eigenvalue weighted by Gasteiger charge is -2.09. The fraction of sp³-hybridized carbons (Fsp3) is 0.111. The Hall–Kier alpha value is -4.41. The summed E-state index contributed by atoms with van der Waals surface area (Å²) in [6.07, 6.45) is 1.59. The summed E-state index contributed by atoms with van der Waals surface area (Å²) >= 11 is 6.15. The fourth-order valence-electron chi connectivity index (χ4n) is 3.91. The van der Waals surface area contributed by atoms with Gasteiger partial charge in [0.2, 0.25) is 0 Å². The Morgan fingerprint density at radius 3 is 2.51 bits per heavy atom. The first-order valence-electron chi connectivity index (χ1n) is 10.8. The Bertz CT molecular complexity index is 1530. The molecule has 1 heterocycles. The average Bonchev–Trinajstić information content (AvgIpc) is 3.10. The van der Waals surface area contributed by atoms with Crippen molar-refractivity contribution in [2.45, 2.75) is 20.4 Å². The minimum Gasteiger partial charge on any atom is -0.340 e. The van der Waals surface area contributed by atoms with Gasteiger partial charge in [0.05, 0.1) is 4.92 Å². The molecule has 0 aliphatic heterocycles. The van der Waals surface area contributed by atoms with Gasteiger partial charge in [-0.25, -0.2) is 0 Å². The normalized spacial score (nSPS) is 11.3. The number of aromatic nitrogens is 1. The van der Waals surface area contributed by atoms with Gasteiger partial charge in [-0.2, -0.15) is 5.26 Å². The van der Waals surface area contributed by atoms with Gasteiger partial charge in [0.1, 0.15) is 11.6 Å². The van der Waals surface area contributed by atoms with E-state index in [0.29, 0.717) is 17.3 Å². The first-order valence-corrected chi connectivity index (χ1v) is 11.2. The Balaban J connectivity index is 1.71. The largest absolute Gasteiger partial charge is 0.340 e. The number of hydrogen-bond donors (Lipinski definition) is 1. The van der Waals surface area contributed by atoms with Crippen LogP contribution in [-0.2, 0) is 11.3 Å². The minimum absolute atomic E-state index is 0.0333. The second-order valence-electron chi connectivity index (χ2n) is 8.11. The van der Waals surface area contributed by atoms with Gasteiger partial charge in [-0.15, -0.1) is 0 Å². The van der Waals surface area contributed by atoms with Crippen LogP contribution in [0, 0.1) is 35.3 Å². The van der Waals surface area contributed by atoms with Crippen LogP contribution in [0.2, 0.25) is 5.02 Å². The number of para-hydroxylation sites is 1. The van der Waals surface area contributed by atoms with Crippen molar-refractivity contribution in [1.82, 2.24) is 4.57 Å². The standard InChI is InChI=1S/C27H21ClN4O3/c1-17-7-10-21(14-25(17)28)30-27(33)20(15-29)13-24-18(2)31(26-6-4-3-5-23(24)26)16-19-8-11-22(12-9-19)32(34)35/h3-14H,16H2,1-2H3,(H,30,33)/b20-13-. The number of halogens is 1. The van der Waals surface area contributed by atoms with E-state index in [2.05, 4.69) is 9.88 Å². The van der Waals surface area contributed by atoms with Crippen molar-refractivity contribution in [3.63, 3.8) is 0 Å². The molecule has 0 bridgehead atoms. The second kappa shape index (κ2) is 9.84. The van der Waals surface area contributed by atoms with E-state index < -0.39 is 10.8 Å². The zero-order valence-corrected chi connectivity index (χ0v) is 19.8. The number of fused-ring (bicyclic) bond motifs is 1. The number of nitro groups is 1. The molecule has 0 saturated heterocycles. The predicted octanol–water partition coefficient (Wildman–Crippen LogP) is 6.41. The summed E-state index contributed by atoms with van der Waals surface area (Å²) in [6.45, 7) is 4.27. The van der Waals surface area contributed by atoms with Crippen LogP contribution in [0.5, 0.6) is 0 Å². The number of nitrogens with zero attached hydrogens (tertiary/aromatic N) is 3. The number of non-ortho nitro benzene ring substituents is 1. The molecule has 0 fully saturated rings. The molecule has 4 aromatic rings. The average molecular weight is 485 g/mol. The van der Waals surface area contributed by atoms with Crippen LogP contribution in [0.4, 0.5) is 11.4 Å². The molecule has 0 aliphatic carbocycles. The van der Waals surface area contributed by atoms with Gasteiger partial charge in [-0.3, -0.25) is 14.9 Å². The van der Waals surface area contributed by atoms with E-state index in [1.807, 2.05) is 44.2 Å². The molecule has 0 atom stereocenters. The van der Waals surface area contributed by atoms with Crippen LogP contribution in [-0.4, -0.2) is 15.4 Å². The zero-order chi connectivity index (χ0) is 25.1. The van der Waals surface area contributed by atoms with Gasteiger partial charge in [-0.05, 0) is 49.2 Å². The summed E-state index contributed by atoms with van der Waals surface area (Å²) in [5, 5.41) is 24.9. The van der Waals surface area contributed by atoms with Crippen LogP contribution < -0.4 is 5.32 Å². The number of hydrogen-bond acceptors (Lipinski definition) is 4. The molecule has 0 radical (unpaired) electrons. The molecular formula is C27H21ClN4O3. The number of nitriles is 1. The maximum Gasteiger partial charge on any atom is 0.269 e. The highest BCUT2D eigenvalue weighted by Crippen LogP contribution is 2.29. The van der Waals surface area contributed by atoms with Crippen molar-refractivity contribution in [3.05, 3.63) is 110 Å². The molecule has 35 heavy (non-hydrogen) atoms. The number of amides is 1. The number of benzene rings is 3. The van der Waals surface area contributed by atoms with Crippen molar-refractivity contribution in [1.29, 1.82) is 5.26 Å². The van der Waals surface area contributed by atoms with Crippen LogP contribution in [0.3, 0.4) is 0 Å². The van der Waals surface area contributed by atoms with Crippen LogP contribution in [0.15, 0.2) is 72.3 Å². The van der Waals surface area contributed by atoms with Crippen LogP contribution in [0.1, 0.15) is 22.4 Å².